The van der Waals surface area contributed by atoms with Gasteiger partial charge in [-0.3, -0.25) is 0 Å². The molecule has 1 aromatic rings. The molecule has 0 saturated carbocycles. The summed E-state index contributed by atoms with van der Waals surface area (Å²) in [5.74, 6) is 0. The van der Waals surface area contributed by atoms with Gasteiger partial charge in [0.15, 0.2) is 0 Å². The zero-order valence-electron chi connectivity index (χ0n) is 8.30. The SMILES string of the molecule is C=C1c2ccc(CC)cc2CN1C. The van der Waals surface area contributed by atoms with E-state index in [1.807, 2.05) is 0 Å². The third-order valence-corrected chi connectivity index (χ3v) is 2.76. The lowest BCUT2D eigenvalue weighted by molar-refractivity contribution is 0.501. The number of hydrogen-bond acceptors (Lipinski definition) is 1. The van der Waals surface area contributed by atoms with Crippen molar-refractivity contribution in [2.75, 3.05) is 7.05 Å². The van der Waals surface area contributed by atoms with Crippen molar-refractivity contribution in [2.45, 2.75) is 19.9 Å². The van der Waals surface area contributed by atoms with Gasteiger partial charge in [0.2, 0.25) is 0 Å². The van der Waals surface area contributed by atoms with E-state index in [1.165, 1.54) is 16.7 Å². The predicted octanol–water partition coefficient (Wildman–Crippen LogP) is 2.67. The third-order valence-electron chi connectivity index (χ3n) is 2.76. The van der Waals surface area contributed by atoms with Crippen LogP contribution in [0.5, 0.6) is 0 Å². The summed E-state index contributed by atoms with van der Waals surface area (Å²) in [6, 6.07) is 6.69. The molecule has 0 radical (unpaired) electrons. The molecule has 0 saturated heterocycles. The van der Waals surface area contributed by atoms with Gasteiger partial charge >= 0.3 is 0 Å². The summed E-state index contributed by atoms with van der Waals surface area (Å²) in [5, 5.41) is 0. The first-order valence-electron chi connectivity index (χ1n) is 4.74. The van der Waals surface area contributed by atoms with Crippen molar-refractivity contribution in [1.82, 2.24) is 4.90 Å². The van der Waals surface area contributed by atoms with Gasteiger partial charge in [-0.05, 0) is 17.5 Å². The van der Waals surface area contributed by atoms with E-state index in [0.29, 0.717) is 0 Å². The Morgan fingerprint density at radius 3 is 2.92 bits per heavy atom. The van der Waals surface area contributed by atoms with Crippen LogP contribution in [0.3, 0.4) is 0 Å². The lowest BCUT2D eigenvalue weighted by Gasteiger charge is -2.10. The molecule has 1 heteroatoms. The fourth-order valence-electron chi connectivity index (χ4n) is 1.84. The molecule has 1 nitrogen and oxygen atoms in total. The highest BCUT2D eigenvalue weighted by molar-refractivity contribution is 5.69. The summed E-state index contributed by atoms with van der Waals surface area (Å²) in [5.41, 5.74) is 5.31. The number of fused-ring (bicyclic) bond motifs is 1. The molecule has 0 amide bonds. The Morgan fingerprint density at radius 1 is 1.46 bits per heavy atom. The van der Waals surface area contributed by atoms with Crippen molar-refractivity contribution in [3.63, 3.8) is 0 Å². The van der Waals surface area contributed by atoms with E-state index < -0.39 is 0 Å². The molecule has 0 fully saturated rings. The fourth-order valence-corrected chi connectivity index (χ4v) is 1.84. The molecule has 0 atom stereocenters. The Labute approximate surface area is 79.7 Å². The third kappa shape index (κ3) is 1.24. The van der Waals surface area contributed by atoms with Crippen LogP contribution in [0, 0.1) is 0 Å². The Morgan fingerprint density at radius 2 is 2.23 bits per heavy atom. The molecule has 0 bridgehead atoms. The molecule has 0 aliphatic carbocycles. The van der Waals surface area contributed by atoms with Crippen LogP contribution in [0.25, 0.3) is 5.70 Å². The highest BCUT2D eigenvalue weighted by Gasteiger charge is 2.18. The van der Waals surface area contributed by atoms with Gasteiger partial charge in [-0.25, -0.2) is 0 Å². The lowest BCUT2D eigenvalue weighted by Crippen LogP contribution is -2.05. The van der Waals surface area contributed by atoms with Crippen LogP contribution < -0.4 is 0 Å². The second kappa shape index (κ2) is 2.91. The van der Waals surface area contributed by atoms with Crippen molar-refractivity contribution in [3.05, 3.63) is 41.5 Å². The molecule has 0 N–H and O–H groups in total. The van der Waals surface area contributed by atoms with Crippen LogP contribution >= 0.6 is 0 Å². The Hall–Kier alpha value is -1.24. The van der Waals surface area contributed by atoms with Crippen LogP contribution in [0.4, 0.5) is 0 Å². The summed E-state index contributed by atoms with van der Waals surface area (Å²) in [6.45, 7) is 7.26. The van der Waals surface area contributed by atoms with Crippen molar-refractivity contribution in [2.24, 2.45) is 0 Å². The first kappa shape index (κ1) is 8.36. The molecule has 0 aromatic heterocycles. The molecule has 1 heterocycles. The van der Waals surface area contributed by atoms with Gasteiger partial charge in [0.25, 0.3) is 0 Å². The first-order valence-corrected chi connectivity index (χ1v) is 4.74. The average Bonchev–Trinajstić information content (AvgIpc) is 2.42. The van der Waals surface area contributed by atoms with Gasteiger partial charge < -0.3 is 4.90 Å². The summed E-state index contributed by atoms with van der Waals surface area (Å²) >= 11 is 0. The Balaban J connectivity index is 2.46. The number of aryl methyl sites for hydroxylation is 1. The van der Waals surface area contributed by atoms with Crippen LogP contribution in [-0.2, 0) is 13.0 Å². The highest BCUT2D eigenvalue weighted by Crippen LogP contribution is 2.30. The Kier molecular flexibility index (Phi) is 1.87. The molecule has 0 unspecified atom stereocenters. The lowest BCUT2D eigenvalue weighted by atomic mass is 10.0. The van der Waals surface area contributed by atoms with E-state index in [0.717, 1.165) is 18.7 Å². The van der Waals surface area contributed by atoms with Crippen LogP contribution in [-0.4, -0.2) is 11.9 Å². The summed E-state index contributed by atoms with van der Waals surface area (Å²) in [7, 11) is 2.09. The van der Waals surface area contributed by atoms with E-state index in [2.05, 4.69) is 43.6 Å². The molecule has 68 valence electrons. The topological polar surface area (TPSA) is 3.24 Å². The highest BCUT2D eigenvalue weighted by atomic mass is 15.1. The average molecular weight is 173 g/mol. The second-order valence-electron chi connectivity index (χ2n) is 3.65. The van der Waals surface area contributed by atoms with Crippen molar-refractivity contribution < 1.29 is 0 Å². The summed E-state index contributed by atoms with van der Waals surface area (Å²) < 4.78 is 0. The van der Waals surface area contributed by atoms with Gasteiger partial charge in [0.1, 0.15) is 0 Å². The minimum atomic E-state index is 1.02. The zero-order chi connectivity index (χ0) is 9.42. The Bertz CT molecular complexity index is 352. The van der Waals surface area contributed by atoms with Gasteiger partial charge in [-0.1, -0.05) is 31.7 Å². The molecule has 1 aliphatic heterocycles. The summed E-state index contributed by atoms with van der Waals surface area (Å²) in [4.78, 5) is 2.20. The van der Waals surface area contributed by atoms with Crippen LogP contribution in [0.1, 0.15) is 23.6 Å². The van der Waals surface area contributed by atoms with Crippen molar-refractivity contribution >= 4 is 5.70 Å². The van der Waals surface area contributed by atoms with E-state index in [9.17, 15) is 0 Å². The smallest absolute Gasteiger partial charge is 0.0433 e. The van der Waals surface area contributed by atoms with E-state index in [1.54, 1.807) is 0 Å². The fraction of sp³-hybridized carbons (Fsp3) is 0.333. The maximum atomic E-state index is 4.06. The van der Waals surface area contributed by atoms with E-state index in [4.69, 9.17) is 0 Å². The van der Waals surface area contributed by atoms with Gasteiger partial charge in [-0.2, -0.15) is 0 Å². The number of benzene rings is 1. The molecular formula is C12H15N. The minimum absolute atomic E-state index is 1.02. The minimum Gasteiger partial charge on any atom is -0.370 e. The number of nitrogens with zero attached hydrogens (tertiary/aromatic N) is 1. The molecule has 0 spiro atoms. The monoisotopic (exact) mass is 173 g/mol. The largest absolute Gasteiger partial charge is 0.370 e. The molecular weight excluding hydrogens is 158 g/mol. The van der Waals surface area contributed by atoms with Crippen molar-refractivity contribution in [1.29, 1.82) is 0 Å². The molecule has 2 rings (SSSR count). The normalized spacial score (nSPS) is 14.9. The maximum Gasteiger partial charge on any atom is 0.0433 e. The maximum absolute atomic E-state index is 4.06. The molecule has 1 aromatic carbocycles. The van der Waals surface area contributed by atoms with Gasteiger partial charge in [0, 0.05) is 24.9 Å². The second-order valence-corrected chi connectivity index (χ2v) is 3.65. The van der Waals surface area contributed by atoms with Crippen molar-refractivity contribution in [3.8, 4) is 0 Å². The standard InChI is InChI=1S/C12H15N/c1-4-10-5-6-12-9(2)13(3)8-11(12)7-10/h5-7H,2,4,8H2,1,3H3. The number of rotatable bonds is 1. The van der Waals surface area contributed by atoms with E-state index in [-0.39, 0.29) is 0 Å². The van der Waals surface area contributed by atoms with E-state index >= 15 is 0 Å². The first-order chi connectivity index (χ1) is 6.22. The van der Waals surface area contributed by atoms with Crippen LogP contribution in [0.2, 0.25) is 0 Å². The van der Waals surface area contributed by atoms with Gasteiger partial charge in [0.05, 0.1) is 0 Å². The summed E-state index contributed by atoms with van der Waals surface area (Å²) in [6.07, 6.45) is 1.11. The quantitative estimate of drug-likeness (QED) is 0.631. The molecule has 1 aliphatic rings. The number of hydrogen-bond donors (Lipinski definition) is 0. The van der Waals surface area contributed by atoms with Gasteiger partial charge in [-0.15, -0.1) is 0 Å². The zero-order valence-corrected chi connectivity index (χ0v) is 8.30. The van der Waals surface area contributed by atoms with Crippen LogP contribution in [0.15, 0.2) is 24.8 Å². The predicted molar refractivity (Wildman–Crippen MR) is 56.3 cm³/mol. The molecule has 13 heavy (non-hydrogen) atoms.